The Morgan fingerprint density at radius 2 is 1.95 bits per heavy atom. The molecule has 0 aliphatic rings. The molecule has 0 saturated carbocycles. The lowest BCUT2D eigenvalue weighted by Gasteiger charge is -2.10. The molecule has 2 N–H and O–H groups in total. The van der Waals surface area contributed by atoms with Crippen LogP contribution in [0.4, 0.5) is 5.69 Å². The average Bonchev–Trinajstić information content (AvgIpc) is 2.88. The molecule has 0 radical (unpaired) electrons. The number of nitrogens with one attached hydrogen (secondary N) is 1. The maximum absolute atomic E-state index is 12.2. The van der Waals surface area contributed by atoms with Gasteiger partial charge in [0.2, 0.25) is 0 Å². The van der Waals surface area contributed by atoms with Crippen molar-refractivity contribution in [3.05, 3.63) is 53.9 Å². The molecule has 0 fully saturated rings. The van der Waals surface area contributed by atoms with E-state index in [1.807, 2.05) is 17.7 Å². The molecule has 5 nitrogen and oxygen atoms in total. The van der Waals surface area contributed by atoms with Gasteiger partial charge >= 0.3 is 5.97 Å². The Morgan fingerprint density at radius 1 is 1.20 bits per heavy atom. The number of amides is 1. The number of carbonyl (C=O) groups excluding carboxylic acids is 1. The summed E-state index contributed by atoms with van der Waals surface area (Å²) in [6.07, 6.45) is 2.75. The Kier molecular flexibility index (Phi) is 4.20. The van der Waals surface area contributed by atoms with Crippen LogP contribution in [0.3, 0.4) is 0 Å². The molecule has 0 aliphatic heterocycles. The normalized spacial score (nSPS) is 10.2. The topological polar surface area (TPSA) is 71.3 Å². The van der Waals surface area contributed by atoms with Crippen LogP contribution < -0.4 is 5.32 Å². The van der Waals surface area contributed by atoms with E-state index in [2.05, 4.69) is 5.32 Å². The van der Waals surface area contributed by atoms with Gasteiger partial charge in [-0.25, -0.2) is 4.79 Å². The summed E-state index contributed by atoms with van der Waals surface area (Å²) >= 11 is 0. The van der Waals surface area contributed by atoms with Crippen molar-refractivity contribution in [1.82, 2.24) is 4.57 Å². The fraction of sp³-hybridized carbons (Fsp3) is 0.200. The molecule has 5 heteroatoms. The van der Waals surface area contributed by atoms with Crippen LogP contribution in [0, 0.1) is 0 Å². The second-order valence-corrected chi connectivity index (χ2v) is 4.39. The summed E-state index contributed by atoms with van der Waals surface area (Å²) in [4.78, 5) is 23.3. The molecule has 1 heterocycles. The fourth-order valence-electron chi connectivity index (χ4n) is 2.02. The first-order valence-corrected chi connectivity index (χ1v) is 6.42. The Bertz CT molecular complexity index is 632. The van der Waals surface area contributed by atoms with Gasteiger partial charge in [0.15, 0.2) is 0 Å². The van der Waals surface area contributed by atoms with Crippen molar-refractivity contribution in [3.63, 3.8) is 0 Å². The largest absolute Gasteiger partial charge is 0.478 e. The molecule has 2 aromatic rings. The lowest BCUT2D eigenvalue weighted by atomic mass is 10.2. The summed E-state index contributed by atoms with van der Waals surface area (Å²) in [5.74, 6) is -1.37. The summed E-state index contributed by atoms with van der Waals surface area (Å²) in [5.41, 5.74) is 0.899. The molecular formula is C15H16N2O3. The maximum Gasteiger partial charge on any atom is 0.337 e. The molecule has 1 aromatic carbocycles. The number of aryl methyl sites for hydroxylation is 1. The van der Waals surface area contributed by atoms with Crippen molar-refractivity contribution >= 4 is 17.6 Å². The molecule has 0 spiro atoms. The number of hydrogen-bond donors (Lipinski definition) is 2. The van der Waals surface area contributed by atoms with Gasteiger partial charge in [-0.05, 0) is 30.7 Å². The van der Waals surface area contributed by atoms with Gasteiger partial charge in [-0.1, -0.05) is 19.1 Å². The Hall–Kier alpha value is -2.56. The summed E-state index contributed by atoms with van der Waals surface area (Å²) in [5, 5.41) is 11.7. The second-order valence-electron chi connectivity index (χ2n) is 4.39. The van der Waals surface area contributed by atoms with E-state index in [1.54, 1.807) is 30.3 Å². The standard InChI is InChI=1S/C15H16N2O3/c1-2-9-17-10-5-8-13(17)14(18)16-12-7-4-3-6-11(12)15(19)20/h3-8,10H,2,9H2,1H3,(H,16,18)(H,19,20). The number of carboxylic acids is 1. The van der Waals surface area contributed by atoms with Crippen molar-refractivity contribution in [1.29, 1.82) is 0 Å². The summed E-state index contributed by atoms with van der Waals surface area (Å²) in [6, 6.07) is 9.87. The average molecular weight is 272 g/mol. The van der Waals surface area contributed by atoms with Crippen molar-refractivity contribution in [2.45, 2.75) is 19.9 Å². The second kappa shape index (κ2) is 6.06. The molecule has 20 heavy (non-hydrogen) atoms. The van der Waals surface area contributed by atoms with E-state index in [1.165, 1.54) is 6.07 Å². The first-order valence-electron chi connectivity index (χ1n) is 6.42. The van der Waals surface area contributed by atoms with Crippen LogP contribution in [-0.2, 0) is 6.54 Å². The molecule has 0 bridgehead atoms. The van der Waals surface area contributed by atoms with Crippen molar-refractivity contribution in [2.24, 2.45) is 0 Å². The predicted molar refractivity (Wildman–Crippen MR) is 76.1 cm³/mol. The molecule has 1 aromatic heterocycles. The number of aromatic carboxylic acids is 1. The van der Waals surface area contributed by atoms with E-state index in [9.17, 15) is 9.59 Å². The van der Waals surface area contributed by atoms with Crippen LogP contribution in [-0.4, -0.2) is 21.6 Å². The zero-order valence-corrected chi connectivity index (χ0v) is 11.2. The van der Waals surface area contributed by atoms with Crippen molar-refractivity contribution in [2.75, 3.05) is 5.32 Å². The molecular weight excluding hydrogens is 256 g/mol. The molecule has 0 atom stereocenters. The fourth-order valence-corrected chi connectivity index (χ4v) is 2.02. The zero-order chi connectivity index (χ0) is 14.5. The van der Waals surface area contributed by atoms with Gasteiger partial charge in [-0.2, -0.15) is 0 Å². The summed E-state index contributed by atoms with van der Waals surface area (Å²) in [7, 11) is 0. The Morgan fingerprint density at radius 3 is 2.65 bits per heavy atom. The molecule has 1 amide bonds. The number of carboxylic acid groups (broad SMARTS) is 1. The Balaban J connectivity index is 2.24. The molecule has 104 valence electrons. The molecule has 0 aliphatic carbocycles. The number of carbonyl (C=O) groups is 2. The van der Waals surface area contributed by atoms with Gasteiger partial charge in [0.05, 0.1) is 11.3 Å². The highest BCUT2D eigenvalue weighted by Crippen LogP contribution is 2.16. The highest BCUT2D eigenvalue weighted by Gasteiger charge is 2.15. The van der Waals surface area contributed by atoms with Crippen LogP contribution in [0.25, 0.3) is 0 Å². The van der Waals surface area contributed by atoms with Crippen LogP contribution in [0.5, 0.6) is 0 Å². The van der Waals surface area contributed by atoms with E-state index in [0.29, 0.717) is 11.4 Å². The van der Waals surface area contributed by atoms with Crippen LogP contribution >= 0.6 is 0 Å². The number of hydrogen-bond acceptors (Lipinski definition) is 2. The maximum atomic E-state index is 12.2. The first kappa shape index (κ1) is 13.9. The van der Waals surface area contributed by atoms with Gasteiger partial charge in [-0.3, -0.25) is 4.79 Å². The van der Waals surface area contributed by atoms with Crippen LogP contribution in [0.15, 0.2) is 42.6 Å². The summed E-state index contributed by atoms with van der Waals surface area (Å²) < 4.78 is 1.85. The van der Waals surface area contributed by atoms with Crippen LogP contribution in [0.2, 0.25) is 0 Å². The number of rotatable bonds is 5. The number of anilines is 1. The SMILES string of the molecule is CCCn1cccc1C(=O)Nc1ccccc1C(=O)O. The lowest BCUT2D eigenvalue weighted by Crippen LogP contribution is -2.18. The van der Waals surface area contributed by atoms with Crippen LogP contribution in [0.1, 0.15) is 34.2 Å². The third kappa shape index (κ3) is 2.88. The minimum Gasteiger partial charge on any atom is -0.478 e. The van der Waals surface area contributed by atoms with Crippen molar-refractivity contribution in [3.8, 4) is 0 Å². The number of aromatic nitrogens is 1. The number of benzene rings is 1. The molecule has 2 rings (SSSR count). The summed E-state index contributed by atoms with van der Waals surface area (Å²) in [6.45, 7) is 2.78. The van der Waals surface area contributed by atoms with Gasteiger partial charge in [0, 0.05) is 12.7 Å². The molecule has 0 saturated heterocycles. The smallest absolute Gasteiger partial charge is 0.337 e. The molecule has 0 unspecified atom stereocenters. The highest BCUT2D eigenvalue weighted by atomic mass is 16.4. The van der Waals surface area contributed by atoms with E-state index in [0.717, 1.165) is 13.0 Å². The third-order valence-electron chi connectivity index (χ3n) is 2.93. The highest BCUT2D eigenvalue weighted by molar-refractivity contribution is 6.06. The quantitative estimate of drug-likeness (QED) is 0.879. The minimum atomic E-state index is -1.06. The lowest BCUT2D eigenvalue weighted by molar-refractivity contribution is 0.0698. The van der Waals surface area contributed by atoms with Gasteiger partial charge in [0.1, 0.15) is 5.69 Å². The van der Waals surface area contributed by atoms with Gasteiger partial charge in [0.25, 0.3) is 5.91 Å². The van der Waals surface area contributed by atoms with E-state index >= 15 is 0 Å². The zero-order valence-electron chi connectivity index (χ0n) is 11.2. The van der Waals surface area contributed by atoms with E-state index in [-0.39, 0.29) is 11.5 Å². The predicted octanol–water partition coefficient (Wildman–Crippen LogP) is 2.85. The van der Waals surface area contributed by atoms with Gasteiger partial charge < -0.3 is 15.0 Å². The minimum absolute atomic E-state index is 0.0782. The van der Waals surface area contributed by atoms with Crippen molar-refractivity contribution < 1.29 is 14.7 Å². The van der Waals surface area contributed by atoms with E-state index < -0.39 is 5.97 Å². The van der Waals surface area contributed by atoms with E-state index in [4.69, 9.17) is 5.11 Å². The first-order chi connectivity index (χ1) is 9.63. The third-order valence-corrected chi connectivity index (χ3v) is 2.93. The van der Waals surface area contributed by atoms with Gasteiger partial charge in [-0.15, -0.1) is 0 Å². The Labute approximate surface area is 116 Å². The monoisotopic (exact) mass is 272 g/mol. The number of nitrogens with zero attached hydrogens (tertiary/aromatic N) is 1. The number of para-hydroxylation sites is 1.